The van der Waals surface area contributed by atoms with E-state index in [4.69, 9.17) is 0 Å². The molecular weight excluding hydrogens is 259 g/mol. The molecule has 84 valence electrons. The Morgan fingerprint density at radius 2 is 2.00 bits per heavy atom. The molecule has 0 aliphatic carbocycles. The van der Waals surface area contributed by atoms with Crippen molar-refractivity contribution >= 4 is 15.9 Å². The molecule has 0 aromatic heterocycles. The van der Waals surface area contributed by atoms with Crippen LogP contribution >= 0.6 is 15.9 Å². The minimum Gasteiger partial charge on any atom is -0.388 e. The molecule has 0 saturated carbocycles. The number of halogens is 2. The van der Waals surface area contributed by atoms with Crippen molar-refractivity contribution < 1.29 is 9.50 Å². The minimum atomic E-state index is -0.704. The van der Waals surface area contributed by atoms with E-state index in [1.807, 2.05) is 0 Å². The highest BCUT2D eigenvalue weighted by Crippen LogP contribution is 2.27. The summed E-state index contributed by atoms with van der Waals surface area (Å²) in [6.07, 6.45) is 0.794. The molecule has 0 radical (unpaired) electrons. The smallest absolute Gasteiger partial charge is 0.143 e. The van der Waals surface area contributed by atoms with Crippen molar-refractivity contribution in [1.29, 1.82) is 0 Å². The highest BCUT2D eigenvalue weighted by molar-refractivity contribution is 9.10. The summed E-state index contributed by atoms with van der Waals surface area (Å²) in [6, 6.07) is 5.00. The molecule has 0 aliphatic heterocycles. The minimum absolute atomic E-state index is 0.353. The average Bonchev–Trinajstić information content (AvgIpc) is 2.18. The molecule has 1 unspecified atom stereocenters. The van der Waals surface area contributed by atoms with Crippen molar-refractivity contribution in [2.24, 2.45) is 5.92 Å². The van der Waals surface area contributed by atoms with Crippen molar-refractivity contribution in [3.63, 3.8) is 0 Å². The van der Waals surface area contributed by atoms with Gasteiger partial charge in [0.1, 0.15) is 5.82 Å². The zero-order chi connectivity index (χ0) is 11.4. The van der Waals surface area contributed by atoms with Gasteiger partial charge >= 0.3 is 0 Å². The molecule has 1 rings (SSSR count). The van der Waals surface area contributed by atoms with E-state index in [1.54, 1.807) is 18.2 Å². The summed E-state index contributed by atoms with van der Waals surface area (Å²) in [5.41, 5.74) is 0.380. The molecule has 0 heterocycles. The van der Waals surface area contributed by atoms with E-state index in [2.05, 4.69) is 29.8 Å². The van der Waals surface area contributed by atoms with Gasteiger partial charge in [-0.3, -0.25) is 0 Å². The molecule has 1 aromatic rings. The molecule has 1 nitrogen and oxygen atoms in total. The van der Waals surface area contributed by atoms with E-state index in [9.17, 15) is 9.50 Å². The number of aliphatic hydroxyl groups is 1. The number of aliphatic hydroxyl groups excluding tert-OH is 1. The Morgan fingerprint density at radius 3 is 2.60 bits per heavy atom. The van der Waals surface area contributed by atoms with E-state index in [1.165, 1.54) is 0 Å². The Hall–Kier alpha value is -0.410. The summed E-state index contributed by atoms with van der Waals surface area (Å²) in [6.45, 7) is 4.17. The Morgan fingerprint density at radius 1 is 1.33 bits per heavy atom. The summed E-state index contributed by atoms with van der Waals surface area (Å²) >= 11 is 3.11. The third-order valence-corrected chi connectivity index (χ3v) is 2.97. The molecule has 0 fully saturated rings. The molecule has 0 aliphatic rings. The zero-order valence-electron chi connectivity index (χ0n) is 9.00. The van der Waals surface area contributed by atoms with E-state index < -0.39 is 6.10 Å². The molecule has 1 atom stereocenters. The first-order valence-electron chi connectivity index (χ1n) is 5.14. The van der Waals surface area contributed by atoms with Crippen molar-refractivity contribution in [1.82, 2.24) is 0 Å². The van der Waals surface area contributed by atoms with Gasteiger partial charge in [-0.15, -0.1) is 0 Å². The predicted molar refractivity (Wildman–Crippen MR) is 63.1 cm³/mol. The van der Waals surface area contributed by atoms with Crippen molar-refractivity contribution in [2.75, 3.05) is 0 Å². The fourth-order valence-electron chi connectivity index (χ4n) is 1.42. The van der Waals surface area contributed by atoms with Crippen LogP contribution in [-0.4, -0.2) is 5.11 Å². The zero-order valence-corrected chi connectivity index (χ0v) is 10.6. The maximum absolute atomic E-state index is 13.6. The predicted octanol–water partition coefficient (Wildman–Crippen LogP) is 4.06. The summed E-state index contributed by atoms with van der Waals surface area (Å²) in [7, 11) is 0. The first-order chi connectivity index (χ1) is 7.02. The lowest BCUT2D eigenvalue weighted by atomic mass is 10.00. The van der Waals surface area contributed by atoms with Gasteiger partial charge in [0.15, 0.2) is 0 Å². The van der Waals surface area contributed by atoms with Gasteiger partial charge in [-0.25, -0.2) is 4.39 Å². The maximum atomic E-state index is 13.6. The normalized spacial score (nSPS) is 13.2. The van der Waals surface area contributed by atoms with Gasteiger partial charge in [-0.05, 0) is 40.8 Å². The molecule has 0 spiro atoms. The SMILES string of the molecule is CC(C)CCC(O)c1cccc(Br)c1F. The Bertz CT molecular complexity index is 325. The molecule has 3 heteroatoms. The number of rotatable bonds is 4. The second kappa shape index (κ2) is 5.61. The van der Waals surface area contributed by atoms with Gasteiger partial charge in [0.25, 0.3) is 0 Å². The van der Waals surface area contributed by atoms with Gasteiger partial charge in [0.05, 0.1) is 10.6 Å². The van der Waals surface area contributed by atoms with Gasteiger partial charge in [0, 0.05) is 5.56 Å². The molecule has 0 bridgehead atoms. The average molecular weight is 275 g/mol. The molecular formula is C12H16BrFO. The lowest BCUT2D eigenvalue weighted by Crippen LogP contribution is -2.02. The summed E-state index contributed by atoms with van der Waals surface area (Å²) in [4.78, 5) is 0. The fraction of sp³-hybridized carbons (Fsp3) is 0.500. The summed E-state index contributed by atoms with van der Waals surface area (Å²) in [5.74, 6) is 0.170. The van der Waals surface area contributed by atoms with E-state index in [-0.39, 0.29) is 5.82 Å². The molecule has 1 N–H and O–H groups in total. The second-order valence-electron chi connectivity index (χ2n) is 4.13. The van der Waals surface area contributed by atoms with Crippen LogP contribution in [0.3, 0.4) is 0 Å². The standard InChI is InChI=1S/C12H16BrFO/c1-8(2)6-7-11(15)9-4-3-5-10(13)12(9)14/h3-5,8,11,15H,6-7H2,1-2H3. The van der Waals surface area contributed by atoms with Crippen molar-refractivity contribution in [2.45, 2.75) is 32.8 Å². The lowest BCUT2D eigenvalue weighted by Gasteiger charge is -2.13. The van der Waals surface area contributed by atoms with E-state index >= 15 is 0 Å². The third kappa shape index (κ3) is 3.58. The van der Waals surface area contributed by atoms with Crippen molar-refractivity contribution in [3.8, 4) is 0 Å². The van der Waals surface area contributed by atoms with Crippen LogP contribution in [0.1, 0.15) is 38.4 Å². The Balaban J connectivity index is 2.73. The molecule has 0 saturated heterocycles. The fourth-order valence-corrected chi connectivity index (χ4v) is 1.81. The van der Waals surface area contributed by atoms with Crippen LogP contribution in [0.15, 0.2) is 22.7 Å². The quantitative estimate of drug-likeness (QED) is 0.878. The van der Waals surface area contributed by atoms with Crippen molar-refractivity contribution in [3.05, 3.63) is 34.1 Å². The summed E-state index contributed by atoms with van der Waals surface area (Å²) < 4.78 is 14.0. The Kier molecular flexibility index (Phi) is 4.74. The van der Waals surface area contributed by atoms with E-state index in [0.29, 0.717) is 22.4 Å². The van der Waals surface area contributed by atoms with Crippen LogP contribution in [0, 0.1) is 11.7 Å². The second-order valence-corrected chi connectivity index (χ2v) is 4.98. The highest BCUT2D eigenvalue weighted by Gasteiger charge is 2.14. The maximum Gasteiger partial charge on any atom is 0.143 e. The number of hydrogen-bond acceptors (Lipinski definition) is 1. The van der Waals surface area contributed by atoms with Crippen LogP contribution in [0.25, 0.3) is 0 Å². The monoisotopic (exact) mass is 274 g/mol. The largest absolute Gasteiger partial charge is 0.388 e. The highest BCUT2D eigenvalue weighted by atomic mass is 79.9. The molecule has 15 heavy (non-hydrogen) atoms. The van der Waals surface area contributed by atoms with E-state index in [0.717, 1.165) is 6.42 Å². The first kappa shape index (κ1) is 12.7. The van der Waals surface area contributed by atoms with Gasteiger partial charge in [0.2, 0.25) is 0 Å². The van der Waals surface area contributed by atoms with Crippen LogP contribution < -0.4 is 0 Å². The lowest BCUT2D eigenvalue weighted by molar-refractivity contribution is 0.154. The van der Waals surface area contributed by atoms with Crippen LogP contribution in [0.2, 0.25) is 0 Å². The van der Waals surface area contributed by atoms with Crippen LogP contribution in [0.4, 0.5) is 4.39 Å². The number of hydrogen-bond donors (Lipinski definition) is 1. The van der Waals surface area contributed by atoms with Crippen LogP contribution in [-0.2, 0) is 0 Å². The summed E-state index contributed by atoms with van der Waals surface area (Å²) in [5, 5.41) is 9.81. The molecule has 1 aromatic carbocycles. The molecule has 0 amide bonds. The number of benzene rings is 1. The Labute approximate surface area is 98.4 Å². The van der Waals surface area contributed by atoms with Gasteiger partial charge < -0.3 is 5.11 Å². The topological polar surface area (TPSA) is 20.2 Å². The third-order valence-electron chi connectivity index (χ3n) is 2.36. The first-order valence-corrected chi connectivity index (χ1v) is 5.93. The van der Waals surface area contributed by atoms with Crippen LogP contribution in [0.5, 0.6) is 0 Å². The van der Waals surface area contributed by atoms with Gasteiger partial charge in [-0.2, -0.15) is 0 Å². The van der Waals surface area contributed by atoms with Gasteiger partial charge in [-0.1, -0.05) is 26.0 Å².